The summed E-state index contributed by atoms with van der Waals surface area (Å²) in [7, 11) is -3.57. The van der Waals surface area contributed by atoms with Crippen molar-refractivity contribution in [2.24, 2.45) is 0 Å². The van der Waals surface area contributed by atoms with Gasteiger partial charge in [0.05, 0.1) is 6.61 Å². The molecule has 0 unspecified atom stereocenters. The van der Waals surface area contributed by atoms with Gasteiger partial charge in [-0.1, -0.05) is 6.07 Å². The van der Waals surface area contributed by atoms with Crippen LogP contribution in [0.3, 0.4) is 0 Å². The van der Waals surface area contributed by atoms with Gasteiger partial charge >= 0.3 is 0 Å². The number of anilines is 1. The first-order valence-corrected chi connectivity index (χ1v) is 9.95. The maximum absolute atomic E-state index is 12.3. The van der Waals surface area contributed by atoms with Gasteiger partial charge in [0.25, 0.3) is 0 Å². The van der Waals surface area contributed by atoms with Crippen LogP contribution < -0.4 is 14.4 Å². The number of carbonyl (C=O) groups is 1. The molecule has 0 saturated carbocycles. The summed E-state index contributed by atoms with van der Waals surface area (Å²) in [5.41, 5.74) is 0.737. The second-order valence-corrected chi connectivity index (χ2v) is 8.27. The SMILES string of the molecule is CCOc1ccc(N2C[C@@H](NS(=O)(=O)c3cccs3)CC2=O)cc1. The van der Waals surface area contributed by atoms with Gasteiger partial charge in [0.1, 0.15) is 9.96 Å². The van der Waals surface area contributed by atoms with Crippen molar-refractivity contribution in [3.63, 3.8) is 0 Å². The number of hydrogen-bond acceptors (Lipinski definition) is 5. The molecule has 1 saturated heterocycles. The van der Waals surface area contributed by atoms with Gasteiger partial charge in [-0.15, -0.1) is 11.3 Å². The van der Waals surface area contributed by atoms with E-state index in [4.69, 9.17) is 4.74 Å². The highest BCUT2D eigenvalue weighted by Gasteiger charge is 2.33. The van der Waals surface area contributed by atoms with E-state index >= 15 is 0 Å². The van der Waals surface area contributed by atoms with Gasteiger partial charge in [-0.05, 0) is 42.6 Å². The van der Waals surface area contributed by atoms with E-state index in [0.29, 0.717) is 13.2 Å². The number of thiophene rings is 1. The number of rotatable bonds is 6. The number of nitrogens with zero attached hydrogens (tertiary/aromatic N) is 1. The number of sulfonamides is 1. The minimum absolute atomic E-state index is 0.0990. The van der Waals surface area contributed by atoms with Crippen LogP contribution in [0.2, 0.25) is 0 Å². The first kappa shape index (κ1) is 16.9. The molecule has 0 radical (unpaired) electrons. The average molecular weight is 366 g/mol. The monoisotopic (exact) mass is 366 g/mol. The Morgan fingerprint density at radius 1 is 1.29 bits per heavy atom. The minimum atomic E-state index is -3.57. The Balaban J connectivity index is 1.69. The van der Waals surface area contributed by atoms with Crippen LogP contribution in [-0.2, 0) is 14.8 Å². The number of nitrogens with one attached hydrogen (secondary N) is 1. The number of benzene rings is 1. The summed E-state index contributed by atoms with van der Waals surface area (Å²) in [6.07, 6.45) is 0.151. The van der Waals surface area contributed by atoms with Crippen molar-refractivity contribution in [1.82, 2.24) is 4.72 Å². The number of ether oxygens (including phenoxy) is 1. The first-order chi connectivity index (χ1) is 11.5. The number of hydrogen-bond donors (Lipinski definition) is 1. The highest BCUT2D eigenvalue weighted by molar-refractivity contribution is 7.91. The van der Waals surface area contributed by atoms with Crippen LogP contribution in [0, 0.1) is 0 Å². The van der Waals surface area contributed by atoms with Crippen molar-refractivity contribution in [1.29, 1.82) is 0 Å². The zero-order valence-corrected chi connectivity index (χ0v) is 14.8. The maximum Gasteiger partial charge on any atom is 0.250 e. The van der Waals surface area contributed by atoms with Crippen LogP contribution in [0.5, 0.6) is 5.75 Å². The van der Waals surface area contributed by atoms with E-state index in [1.54, 1.807) is 46.7 Å². The summed E-state index contributed by atoms with van der Waals surface area (Å²) in [4.78, 5) is 13.8. The minimum Gasteiger partial charge on any atom is -0.494 e. The van der Waals surface area contributed by atoms with E-state index in [2.05, 4.69) is 4.72 Å². The zero-order valence-electron chi connectivity index (χ0n) is 13.1. The zero-order chi connectivity index (χ0) is 17.2. The normalized spacial score (nSPS) is 18.1. The van der Waals surface area contributed by atoms with Gasteiger partial charge in [-0.2, -0.15) is 0 Å². The third-order valence-corrected chi connectivity index (χ3v) is 6.58. The molecule has 0 bridgehead atoms. The van der Waals surface area contributed by atoms with Gasteiger partial charge in [-0.25, -0.2) is 13.1 Å². The Morgan fingerprint density at radius 3 is 2.67 bits per heavy atom. The Morgan fingerprint density at radius 2 is 2.04 bits per heavy atom. The van der Waals surface area contributed by atoms with Crippen molar-refractivity contribution >= 4 is 33.0 Å². The average Bonchev–Trinajstić information content (AvgIpc) is 3.18. The van der Waals surface area contributed by atoms with Crippen LogP contribution in [0.25, 0.3) is 0 Å². The predicted molar refractivity (Wildman–Crippen MR) is 93.0 cm³/mol. The maximum atomic E-state index is 12.3. The van der Waals surface area contributed by atoms with Crippen molar-refractivity contribution in [3.05, 3.63) is 41.8 Å². The van der Waals surface area contributed by atoms with Crippen LogP contribution in [0.1, 0.15) is 13.3 Å². The molecule has 1 aromatic heterocycles. The molecule has 1 atom stereocenters. The van der Waals surface area contributed by atoms with E-state index in [9.17, 15) is 13.2 Å². The Hall–Kier alpha value is -1.90. The molecule has 3 rings (SSSR count). The Labute approximate surface area is 145 Å². The van der Waals surface area contributed by atoms with E-state index in [1.807, 2.05) is 6.92 Å². The molecule has 1 aliphatic rings. The summed E-state index contributed by atoms with van der Waals surface area (Å²) in [6.45, 7) is 2.80. The molecule has 24 heavy (non-hydrogen) atoms. The fourth-order valence-electron chi connectivity index (χ4n) is 2.62. The topological polar surface area (TPSA) is 75.7 Å². The molecule has 1 N–H and O–H groups in total. The summed E-state index contributed by atoms with van der Waals surface area (Å²) in [5.74, 6) is 0.640. The van der Waals surface area contributed by atoms with Crippen molar-refractivity contribution in [2.45, 2.75) is 23.6 Å². The lowest BCUT2D eigenvalue weighted by Crippen LogP contribution is -2.36. The first-order valence-electron chi connectivity index (χ1n) is 7.58. The van der Waals surface area contributed by atoms with Crippen molar-refractivity contribution < 1.29 is 17.9 Å². The van der Waals surface area contributed by atoms with Crippen molar-refractivity contribution in [2.75, 3.05) is 18.1 Å². The number of carbonyl (C=O) groups excluding carboxylic acids is 1. The summed E-state index contributed by atoms with van der Waals surface area (Å²) >= 11 is 1.15. The molecule has 1 aromatic carbocycles. The molecule has 1 aliphatic heterocycles. The number of amides is 1. The van der Waals surface area contributed by atoms with E-state index in [0.717, 1.165) is 22.8 Å². The van der Waals surface area contributed by atoms with Gasteiger partial charge in [-0.3, -0.25) is 4.79 Å². The van der Waals surface area contributed by atoms with E-state index in [1.165, 1.54) is 0 Å². The van der Waals surface area contributed by atoms with Gasteiger partial charge in [0.15, 0.2) is 0 Å². The molecular weight excluding hydrogens is 348 g/mol. The van der Waals surface area contributed by atoms with E-state index in [-0.39, 0.29) is 16.5 Å². The lowest BCUT2D eigenvalue weighted by atomic mass is 10.3. The smallest absolute Gasteiger partial charge is 0.250 e. The summed E-state index contributed by atoms with van der Waals surface area (Å²) in [6, 6.07) is 10.0. The lowest BCUT2D eigenvalue weighted by Gasteiger charge is -2.17. The Kier molecular flexibility index (Phi) is 4.88. The third kappa shape index (κ3) is 3.61. The molecule has 1 amide bonds. The molecular formula is C16H18N2O4S2. The molecule has 1 fully saturated rings. The van der Waals surface area contributed by atoms with Crippen LogP contribution in [-0.4, -0.2) is 33.5 Å². The van der Waals surface area contributed by atoms with Crippen LogP contribution in [0.4, 0.5) is 5.69 Å². The molecule has 128 valence electrons. The molecule has 0 aliphatic carbocycles. The largest absolute Gasteiger partial charge is 0.494 e. The molecule has 2 aromatic rings. The highest BCUT2D eigenvalue weighted by atomic mass is 32.2. The van der Waals surface area contributed by atoms with Crippen molar-refractivity contribution in [3.8, 4) is 5.75 Å². The molecule has 0 spiro atoms. The second kappa shape index (κ2) is 6.92. The second-order valence-electron chi connectivity index (χ2n) is 5.39. The fourth-order valence-corrected chi connectivity index (χ4v) is 4.86. The van der Waals surface area contributed by atoms with E-state index < -0.39 is 16.1 Å². The lowest BCUT2D eigenvalue weighted by molar-refractivity contribution is -0.117. The highest BCUT2D eigenvalue weighted by Crippen LogP contribution is 2.25. The third-order valence-electron chi connectivity index (χ3n) is 3.67. The standard InChI is InChI=1S/C16H18N2O4S2/c1-2-22-14-7-5-13(6-8-14)18-11-12(10-15(18)19)17-24(20,21)16-4-3-9-23-16/h3-9,12,17H,2,10-11H2,1H3/t12-/m0/s1. The van der Waals surface area contributed by atoms with Gasteiger partial charge in [0, 0.05) is 24.7 Å². The van der Waals surface area contributed by atoms with Gasteiger partial charge < -0.3 is 9.64 Å². The predicted octanol–water partition coefficient (Wildman–Crippen LogP) is 2.23. The fraction of sp³-hybridized carbons (Fsp3) is 0.312. The molecule has 6 nitrogen and oxygen atoms in total. The van der Waals surface area contributed by atoms with Crippen LogP contribution >= 0.6 is 11.3 Å². The Bertz CT molecular complexity index is 801. The van der Waals surface area contributed by atoms with Crippen LogP contribution in [0.15, 0.2) is 46.0 Å². The quantitative estimate of drug-likeness (QED) is 0.851. The van der Waals surface area contributed by atoms with Gasteiger partial charge in [0.2, 0.25) is 15.9 Å². The summed E-state index contributed by atoms with van der Waals surface area (Å²) in [5, 5.41) is 1.71. The molecule has 2 heterocycles. The summed E-state index contributed by atoms with van der Waals surface area (Å²) < 4.78 is 32.8. The molecule has 8 heteroatoms.